The second-order valence-electron chi connectivity index (χ2n) is 9.66. The van der Waals surface area contributed by atoms with Crippen molar-refractivity contribution in [1.82, 2.24) is 20.3 Å². The van der Waals surface area contributed by atoms with Gasteiger partial charge in [0.15, 0.2) is 0 Å². The zero-order valence-electron chi connectivity index (χ0n) is 23.5. The van der Waals surface area contributed by atoms with Crippen LogP contribution in [0.1, 0.15) is 31.9 Å². The van der Waals surface area contributed by atoms with Gasteiger partial charge in [-0.1, -0.05) is 43.3 Å². The van der Waals surface area contributed by atoms with Crippen molar-refractivity contribution < 1.29 is 23.8 Å². The van der Waals surface area contributed by atoms with Gasteiger partial charge in [0.2, 0.25) is 11.8 Å². The lowest BCUT2D eigenvalue weighted by Gasteiger charge is -2.33. The van der Waals surface area contributed by atoms with Crippen molar-refractivity contribution in [2.24, 2.45) is 5.92 Å². The molecule has 1 N–H and O–H groups in total. The Balaban J connectivity index is 1.86. The van der Waals surface area contributed by atoms with E-state index in [4.69, 9.17) is 14.2 Å². The summed E-state index contributed by atoms with van der Waals surface area (Å²) in [7, 11) is 4.60. The Bertz CT molecular complexity index is 1470. The molecular formula is C30H35N5O5. The molecule has 4 rings (SSSR count). The van der Waals surface area contributed by atoms with Crippen molar-refractivity contribution in [2.75, 3.05) is 32.8 Å². The quantitative estimate of drug-likeness (QED) is 0.281. The average molecular weight is 546 g/mol. The number of para-hydroxylation sites is 3. The summed E-state index contributed by atoms with van der Waals surface area (Å²) < 4.78 is 18.2. The molecule has 0 bridgehead atoms. The van der Waals surface area contributed by atoms with E-state index < -0.39 is 6.04 Å². The van der Waals surface area contributed by atoms with E-state index in [1.807, 2.05) is 30.3 Å². The van der Waals surface area contributed by atoms with Gasteiger partial charge in [0.1, 0.15) is 35.4 Å². The van der Waals surface area contributed by atoms with Crippen molar-refractivity contribution in [3.8, 4) is 17.2 Å². The Kier molecular flexibility index (Phi) is 9.21. The molecular weight excluding hydrogens is 510 g/mol. The van der Waals surface area contributed by atoms with Crippen LogP contribution in [-0.2, 0) is 16.1 Å². The maximum Gasteiger partial charge on any atom is 0.249 e. The number of hydrogen-bond acceptors (Lipinski definition) is 7. The van der Waals surface area contributed by atoms with Gasteiger partial charge in [-0.25, -0.2) is 4.68 Å². The highest BCUT2D eigenvalue weighted by atomic mass is 16.5. The van der Waals surface area contributed by atoms with E-state index in [0.717, 1.165) is 6.42 Å². The molecule has 40 heavy (non-hydrogen) atoms. The standard InChI is InChI=1S/C30H35N5O5/c1-20(2)16-17-31-30(37)29(22-15-14-21(38-3)18-27(22)40-5)35(25-12-8-9-13-26(25)39-4)28(36)19-34-24-11-7-6-10-23(24)32-33-34/h6-15,18,20,29H,16-17,19H2,1-5H3,(H,31,37)/t29-/m1/s1. The molecule has 0 spiro atoms. The lowest BCUT2D eigenvalue weighted by molar-refractivity contribution is -0.127. The number of nitrogens with zero attached hydrogens (tertiary/aromatic N) is 4. The normalized spacial score (nSPS) is 11.8. The molecule has 4 aromatic rings. The molecule has 1 atom stereocenters. The highest BCUT2D eigenvalue weighted by molar-refractivity contribution is 6.03. The first-order valence-corrected chi connectivity index (χ1v) is 13.1. The highest BCUT2D eigenvalue weighted by Gasteiger charge is 2.36. The SMILES string of the molecule is COc1ccc([C@H](C(=O)NCCC(C)C)N(C(=O)Cn2nnc3ccccc32)c2ccccc2OC)c(OC)c1. The molecule has 0 aliphatic rings. The largest absolute Gasteiger partial charge is 0.497 e. The van der Waals surface area contributed by atoms with E-state index in [2.05, 4.69) is 29.5 Å². The third-order valence-corrected chi connectivity index (χ3v) is 6.58. The Morgan fingerprint density at radius 3 is 2.38 bits per heavy atom. The third kappa shape index (κ3) is 6.17. The van der Waals surface area contributed by atoms with Crippen molar-refractivity contribution in [3.63, 3.8) is 0 Å². The van der Waals surface area contributed by atoms with Crippen LogP contribution in [0.5, 0.6) is 17.2 Å². The summed E-state index contributed by atoms with van der Waals surface area (Å²) in [6.07, 6.45) is 0.783. The molecule has 0 radical (unpaired) electrons. The number of amides is 2. The average Bonchev–Trinajstić information content (AvgIpc) is 3.37. The molecule has 1 heterocycles. The lowest BCUT2D eigenvalue weighted by atomic mass is 10.0. The number of fused-ring (bicyclic) bond motifs is 1. The minimum Gasteiger partial charge on any atom is -0.497 e. The number of carbonyl (C=O) groups excluding carboxylic acids is 2. The smallest absolute Gasteiger partial charge is 0.249 e. The molecule has 0 aliphatic carbocycles. The predicted octanol–water partition coefficient (Wildman–Crippen LogP) is 4.39. The first-order valence-electron chi connectivity index (χ1n) is 13.1. The Morgan fingerprint density at radius 2 is 1.65 bits per heavy atom. The van der Waals surface area contributed by atoms with Crippen LogP contribution < -0.4 is 24.4 Å². The summed E-state index contributed by atoms with van der Waals surface area (Å²) in [5.41, 5.74) is 2.30. The van der Waals surface area contributed by atoms with E-state index >= 15 is 0 Å². The molecule has 1 aromatic heterocycles. The van der Waals surface area contributed by atoms with Crippen LogP contribution in [0.15, 0.2) is 66.7 Å². The number of nitrogens with one attached hydrogen (secondary N) is 1. The topological polar surface area (TPSA) is 108 Å². The van der Waals surface area contributed by atoms with E-state index in [1.165, 1.54) is 23.8 Å². The summed E-state index contributed by atoms with van der Waals surface area (Å²) in [6, 6.07) is 18.6. The number of hydrogen-bond donors (Lipinski definition) is 1. The van der Waals surface area contributed by atoms with Gasteiger partial charge in [-0.2, -0.15) is 0 Å². The van der Waals surface area contributed by atoms with Crippen LogP contribution in [0.3, 0.4) is 0 Å². The molecule has 0 aliphatic heterocycles. The predicted molar refractivity (Wildman–Crippen MR) is 153 cm³/mol. The number of benzene rings is 3. The fourth-order valence-electron chi connectivity index (χ4n) is 4.51. The molecule has 2 amide bonds. The van der Waals surface area contributed by atoms with E-state index in [0.29, 0.717) is 52.0 Å². The van der Waals surface area contributed by atoms with Crippen LogP contribution in [-0.4, -0.2) is 54.7 Å². The number of rotatable bonds is 12. The molecule has 10 nitrogen and oxygen atoms in total. The van der Waals surface area contributed by atoms with Crippen molar-refractivity contribution in [1.29, 1.82) is 0 Å². The van der Waals surface area contributed by atoms with Crippen molar-refractivity contribution in [2.45, 2.75) is 32.9 Å². The maximum absolute atomic E-state index is 14.3. The summed E-state index contributed by atoms with van der Waals surface area (Å²) >= 11 is 0. The molecule has 0 unspecified atom stereocenters. The van der Waals surface area contributed by atoms with Crippen molar-refractivity contribution in [3.05, 3.63) is 72.3 Å². The van der Waals surface area contributed by atoms with Gasteiger partial charge in [-0.15, -0.1) is 5.10 Å². The van der Waals surface area contributed by atoms with Crippen LogP contribution in [0, 0.1) is 5.92 Å². The molecule has 10 heteroatoms. The van der Waals surface area contributed by atoms with Gasteiger partial charge in [-0.3, -0.25) is 14.5 Å². The van der Waals surface area contributed by atoms with Gasteiger partial charge in [-0.05, 0) is 48.7 Å². The summed E-state index contributed by atoms with van der Waals surface area (Å²) in [4.78, 5) is 29.7. The molecule has 0 fully saturated rings. The molecule has 3 aromatic carbocycles. The van der Waals surface area contributed by atoms with Crippen LogP contribution in [0.25, 0.3) is 11.0 Å². The second kappa shape index (κ2) is 13.0. The third-order valence-electron chi connectivity index (χ3n) is 6.58. The Morgan fingerprint density at radius 1 is 0.925 bits per heavy atom. The molecule has 0 saturated carbocycles. The number of anilines is 1. The second-order valence-corrected chi connectivity index (χ2v) is 9.66. The van der Waals surface area contributed by atoms with Gasteiger partial charge < -0.3 is 19.5 Å². The first kappa shape index (κ1) is 28.4. The monoisotopic (exact) mass is 545 g/mol. The van der Waals surface area contributed by atoms with Gasteiger partial charge >= 0.3 is 0 Å². The highest BCUT2D eigenvalue weighted by Crippen LogP contribution is 2.39. The van der Waals surface area contributed by atoms with Crippen LogP contribution in [0.2, 0.25) is 0 Å². The minimum atomic E-state index is -1.09. The zero-order chi connectivity index (χ0) is 28.6. The van der Waals surface area contributed by atoms with E-state index in [-0.39, 0.29) is 18.4 Å². The minimum absolute atomic E-state index is 0.160. The van der Waals surface area contributed by atoms with E-state index in [1.54, 1.807) is 43.5 Å². The number of ether oxygens (including phenoxy) is 3. The van der Waals surface area contributed by atoms with Crippen LogP contribution in [0.4, 0.5) is 5.69 Å². The Hall–Kier alpha value is -4.60. The first-order chi connectivity index (χ1) is 19.4. The molecule has 0 saturated heterocycles. The Labute approximate surface area is 233 Å². The summed E-state index contributed by atoms with van der Waals surface area (Å²) in [6.45, 7) is 4.46. The van der Waals surface area contributed by atoms with E-state index in [9.17, 15) is 9.59 Å². The lowest BCUT2D eigenvalue weighted by Crippen LogP contribution is -2.46. The molecule has 210 valence electrons. The number of aromatic nitrogens is 3. The van der Waals surface area contributed by atoms with Crippen LogP contribution >= 0.6 is 0 Å². The zero-order valence-corrected chi connectivity index (χ0v) is 23.5. The van der Waals surface area contributed by atoms with Gasteiger partial charge in [0, 0.05) is 18.2 Å². The van der Waals surface area contributed by atoms with Gasteiger partial charge in [0.25, 0.3) is 0 Å². The maximum atomic E-state index is 14.3. The summed E-state index contributed by atoms with van der Waals surface area (Å²) in [5.74, 6) is 1.05. The fraction of sp³-hybridized carbons (Fsp3) is 0.333. The summed E-state index contributed by atoms with van der Waals surface area (Å²) in [5, 5.41) is 11.4. The number of carbonyl (C=O) groups is 2. The fourth-order valence-corrected chi connectivity index (χ4v) is 4.51. The van der Waals surface area contributed by atoms with Gasteiger partial charge in [0.05, 0.1) is 32.5 Å². The number of methoxy groups -OCH3 is 3. The van der Waals surface area contributed by atoms with Crippen molar-refractivity contribution >= 4 is 28.5 Å².